The molecule has 1 atom stereocenters. The first-order chi connectivity index (χ1) is 9.22. The molecule has 2 heterocycles. The van der Waals surface area contributed by atoms with E-state index in [0.717, 1.165) is 30.7 Å². The zero-order valence-electron chi connectivity index (χ0n) is 11.3. The first-order valence-electron chi connectivity index (χ1n) is 6.84. The summed E-state index contributed by atoms with van der Waals surface area (Å²) >= 11 is 1.51. The second kappa shape index (κ2) is 6.80. The first kappa shape index (κ1) is 14.2. The van der Waals surface area contributed by atoms with Crippen LogP contribution in [0.5, 0.6) is 0 Å². The van der Waals surface area contributed by atoms with Crippen molar-refractivity contribution in [2.24, 2.45) is 0 Å². The molecule has 1 aromatic rings. The van der Waals surface area contributed by atoms with Gasteiger partial charge in [0.15, 0.2) is 0 Å². The fraction of sp³-hybridized carbons (Fsp3) is 0.571. The highest BCUT2D eigenvalue weighted by molar-refractivity contribution is 8.00. The van der Waals surface area contributed by atoms with Gasteiger partial charge in [-0.1, -0.05) is 6.92 Å². The van der Waals surface area contributed by atoms with E-state index in [2.05, 4.69) is 11.9 Å². The maximum atomic E-state index is 12.3. The van der Waals surface area contributed by atoms with Gasteiger partial charge in [-0.05, 0) is 31.7 Å². The van der Waals surface area contributed by atoms with Crippen molar-refractivity contribution in [1.82, 2.24) is 9.88 Å². The summed E-state index contributed by atoms with van der Waals surface area (Å²) in [5, 5.41) is 0. The van der Waals surface area contributed by atoms with Gasteiger partial charge in [-0.2, -0.15) is 0 Å². The van der Waals surface area contributed by atoms with Gasteiger partial charge in [0.25, 0.3) is 0 Å². The summed E-state index contributed by atoms with van der Waals surface area (Å²) in [4.78, 5) is 19.2. The highest BCUT2D eigenvalue weighted by Gasteiger charge is 2.25. The van der Waals surface area contributed by atoms with Crippen molar-refractivity contribution in [3.05, 3.63) is 18.5 Å². The molecule has 5 heteroatoms. The monoisotopic (exact) mass is 279 g/mol. The highest BCUT2D eigenvalue weighted by atomic mass is 32.2. The number of piperidine rings is 1. The number of nitrogens with two attached hydrogens (primary N) is 1. The molecular weight excluding hydrogens is 258 g/mol. The summed E-state index contributed by atoms with van der Waals surface area (Å²) in [6, 6.07) is 2.29. The summed E-state index contributed by atoms with van der Waals surface area (Å²) < 4.78 is 0. The molecule has 19 heavy (non-hydrogen) atoms. The quantitative estimate of drug-likeness (QED) is 0.861. The number of carbonyl (C=O) groups is 1. The Bertz CT molecular complexity index is 438. The lowest BCUT2D eigenvalue weighted by molar-refractivity contribution is -0.132. The van der Waals surface area contributed by atoms with E-state index in [0.29, 0.717) is 17.5 Å². The molecule has 2 N–H and O–H groups in total. The van der Waals surface area contributed by atoms with Crippen molar-refractivity contribution >= 4 is 23.4 Å². The molecule has 0 radical (unpaired) electrons. The van der Waals surface area contributed by atoms with Gasteiger partial charge in [0.2, 0.25) is 5.91 Å². The SMILES string of the molecule is CCC1CCCCN1C(=O)CSc1ccncc1N. The van der Waals surface area contributed by atoms with Crippen molar-refractivity contribution in [2.75, 3.05) is 18.0 Å². The number of anilines is 1. The van der Waals surface area contributed by atoms with Crippen LogP contribution in [-0.4, -0.2) is 34.1 Å². The fourth-order valence-corrected chi connectivity index (χ4v) is 3.32. The number of hydrogen-bond acceptors (Lipinski definition) is 4. The number of thioether (sulfide) groups is 1. The van der Waals surface area contributed by atoms with E-state index in [4.69, 9.17) is 5.73 Å². The van der Waals surface area contributed by atoms with Crippen LogP contribution in [0.3, 0.4) is 0 Å². The minimum atomic E-state index is 0.229. The van der Waals surface area contributed by atoms with Crippen LogP contribution in [0.15, 0.2) is 23.4 Å². The molecule has 0 spiro atoms. The van der Waals surface area contributed by atoms with Crippen molar-refractivity contribution < 1.29 is 4.79 Å². The van der Waals surface area contributed by atoms with Crippen LogP contribution in [0.1, 0.15) is 32.6 Å². The number of pyridine rings is 1. The zero-order chi connectivity index (χ0) is 13.7. The normalized spacial score (nSPS) is 19.4. The Labute approximate surface area is 118 Å². The molecule has 4 nitrogen and oxygen atoms in total. The van der Waals surface area contributed by atoms with Gasteiger partial charge in [0, 0.05) is 23.7 Å². The maximum absolute atomic E-state index is 12.3. The van der Waals surface area contributed by atoms with Gasteiger partial charge < -0.3 is 10.6 Å². The van der Waals surface area contributed by atoms with Gasteiger partial charge in [0.1, 0.15) is 0 Å². The Hall–Kier alpha value is -1.23. The molecule has 1 aliphatic rings. The topological polar surface area (TPSA) is 59.2 Å². The molecule has 1 fully saturated rings. The minimum Gasteiger partial charge on any atom is -0.397 e. The lowest BCUT2D eigenvalue weighted by Crippen LogP contribution is -2.44. The van der Waals surface area contributed by atoms with Gasteiger partial charge >= 0.3 is 0 Å². The Balaban J connectivity index is 1.92. The molecule has 1 aromatic heterocycles. The van der Waals surface area contributed by atoms with Crippen LogP contribution in [0.2, 0.25) is 0 Å². The summed E-state index contributed by atoms with van der Waals surface area (Å²) in [6.07, 6.45) is 7.90. The average molecular weight is 279 g/mol. The Morgan fingerprint density at radius 3 is 3.16 bits per heavy atom. The van der Waals surface area contributed by atoms with E-state index >= 15 is 0 Å². The summed E-state index contributed by atoms with van der Waals surface area (Å²) in [6.45, 7) is 3.06. The number of carbonyl (C=O) groups excluding carboxylic acids is 1. The van der Waals surface area contributed by atoms with E-state index in [9.17, 15) is 4.79 Å². The lowest BCUT2D eigenvalue weighted by Gasteiger charge is -2.35. The summed E-state index contributed by atoms with van der Waals surface area (Å²) in [5.41, 5.74) is 6.47. The number of hydrogen-bond donors (Lipinski definition) is 1. The Morgan fingerprint density at radius 2 is 2.42 bits per heavy atom. The van der Waals surface area contributed by atoms with Gasteiger partial charge in [0.05, 0.1) is 17.6 Å². The minimum absolute atomic E-state index is 0.229. The van der Waals surface area contributed by atoms with Crippen LogP contribution in [-0.2, 0) is 4.79 Å². The molecule has 1 amide bonds. The second-order valence-electron chi connectivity index (χ2n) is 4.85. The van der Waals surface area contributed by atoms with Crippen LogP contribution in [0, 0.1) is 0 Å². The maximum Gasteiger partial charge on any atom is 0.233 e. The molecule has 1 unspecified atom stereocenters. The number of amides is 1. The Morgan fingerprint density at radius 1 is 1.58 bits per heavy atom. The predicted molar refractivity (Wildman–Crippen MR) is 79.0 cm³/mol. The number of nitrogen functional groups attached to an aromatic ring is 1. The third kappa shape index (κ3) is 3.62. The molecule has 0 aromatic carbocycles. The van der Waals surface area contributed by atoms with Crippen molar-refractivity contribution in [3.8, 4) is 0 Å². The number of likely N-dealkylation sites (tertiary alicyclic amines) is 1. The zero-order valence-corrected chi connectivity index (χ0v) is 12.2. The van der Waals surface area contributed by atoms with Crippen molar-refractivity contribution in [1.29, 1.82) is 0 Å². The first-order valence-corrected chi connectivity index (χ1v) is 7.82. The average Bonchev–Trinajstić information content (AvgIpc) is 2.46. The molecule has 0 saturated carbocycles. The van der Waals surface area contributed by atoms with Gasteiger partial charge in [-0.3, -0.25) is 9.78 Å². The van der Waals surface area contributed by atoms with Crippen LogP contribution in [0.4, 0.5) is 5.69 Å². The number of aromatic nitrogens is 1. The molecule has 1 saturated heterocycles. The van der Waals surface area contributed by atoms with E-state index in [1.165, 1.54) is 18.2 Å². The van der Waals surface area contributed by atoms with E-state index in [-0.39, 0.29) is 5.91 Å². The molecule has 0 aliphatic carbocycles. The van der Waals surface area contributed by atoms with Crippen molar-refractivity contribution in [2.45, 2.75) is 43.5 Å². The number of nitrogens with zero attached hydrogens (tertiary/aromatic N) is 2. The molecule has 2 rings (SSSR count). The predicted octanol–water partition coefficient (Wildman–Crippen LogP) is 2.55. The molecular formula is C14H21N3OS. The molecule has 0 bridgehead atoms. The van der Waals surface area contributed by atoms with E-state index in [1.54, 1.807) is 12.4 Å². The third-order valence-electron chi connectivity index (χ3n) is 3.58. The van der Waals surface area contributed by atoms with Gasteiger partial charge in [-0.25, -0.2) is 0 Å². The molecule has 104 valence electrons. The van der Waals surface area contributed by atoms with Crippen molar-refractivity contribution in [3.63, 3.8) is 0 Å². The van der Waals surface area contributed by atoms with Gasteiger partial charge in [-0.15, -0.1) is 11.8 Å². The molecule has 1 aliphatic heterocycles. The smallest absolute Gasteiger partial charge is 0.233 e. The fourth-order valence-electron chi connectivity index (χ4n) is 2.50. The highest BCUT2D eigenvalue weighted by Crippen LogP contribution is 2.26. The summed E-state index contributed by atoms with van der Waals surface area (Å²) in [7, 11) is 0. The number of rotatable bonds is 4. The van der Waals surface area contributed by atoms with Crippen LogP contribution >= 0.6 is 11.8 Å². The lowest BCUT2D eigenvalue weighted by atomic mass is 10.0. The standard InChI is InChI=1S/C14H21N3OS/c1-2-11-5-3-4-8-17(11)14(18)10-19-13-6-7-16-9-12(13)15/h6-7,9,11H,2-5,8,10,15H2,1H3. The second-order valence-corrected chi connectivity index (χ2v) is 5.86. The van der Waals surface area contributed by atoms with Crippen LogP contribution in [0.25, 0.3) is 0 Å². The Kier molecular flexibility index (Phi) is 5.07. The van der Waals surface area contributed by atoms with Crippen LogP contribution < -0.4 is 5.73 Å². The largest absolute Gasteiger partial charge is 0.397 e. The third-order valence-corrected chi connectivity index (χ3v) is 4.65. The summed E-state index contributed by atoms with van der Waals surface area (Å²) in [5.74, 6) is 0.692. The van der Waals surface area contributed by atoms with E-state index in [1.807, 2.05) is 11.0 Å². The van der Waals surface area contributed by atoms with E-state index < -0.39 is 0 Å².